The third-order valence-electron chi connectivity index (χ3n) is 5.01. The molecular weight excluding hydrogens is 222 g/mol. The Morgan fingerprint density at radius 1 is 1.22 bits per heavy atom. The van der Waals surface area contributed by atoms with Crippen LogP contribution >= 0.6 is 0 Å². The van der Waals surface area contributed by atoms with Crippen molar-refractivity contribution in [3.63, 3.8) is 0 Å². The van der Waals surface area contributed by atoms with E-state index >= 15 is 0 Å². The molecule has 0 spiro atoms. The standard InChI is InChI=1S/C16H21NO/c1-11-4-5-15(10-12(11)2)16(18)13(3)17-8-6-14(16)7-9-17/h4-5,10,14,18H,3,6-9H2,1-2H3/p+1/t16-/m1/s1. The second-order valence-corrected chi connectivity index (χ2v) is 5.92. The van der Waals surface area contributed by atoms with Gasteiger partial charge in [0.15, 0.2) is 5.60 Å². The van der Waals surface area contributed by atoms with Crippen LogP contribution in [-0.4, -0.2) is 18.2 Å². The fraction of sp³-hybridized carbons (Fsp3) is 0.500. The smallest absolute Gasteiger partial charge is 0.166 e. The Labute approximate surface area is 109 Å². The predicted molar refractivity (Wildman–Crippen MR) is 72.4 cm³/mol. The summed E-state index contributed by atoms with van der Waals surface area (Å²) in [6.45, 7) is 10.7. The highest BCUT2D eigenvalue weighted by Crippen LogP contribution is 2.41. The molecule has 3 heterocycles. The lowest BCUT2D eigenvalue weighted by molar-refractivity contribution is -0.886. The molecule has 1 aromatic carbocycles. The molecule has 4 rings (SSSR count). The van der Waals surface area contributed by atoms with E-state index in [4.69, 9.17) is 0 Å². The van der Waals surface area contributed by atoms with E-state index < -0.39 is 5.60 Å². The monoisotopic (exact) mass is 244 g/mol. The average Bonchev–Trinajstić information content (AvgIpc) is 2.39. The largest absolute Gasteiger partial charge is 0.375 e. The highest BCUT2D eigenvalue weighted by atomic mass is 16.3. The van der Waals surface area contributed by atoms with Crippen LogP contribution in [0.4, 0.5) is 0 Å². The van der Waals surface area contributed by atoms with E-state index in [0.29, 0.717) is 5.92 Å². The molecule has 3 fully saturated rings. The van der Waals surface area contributed by atoms with Crippen molar-refractivity contribution < 1.29 is 10.0 Å². The molecule has 0 unspecified atom stereocenters. The summed E-state index contributed by atoms with van der Waals surface area (Å²) in [6, 6.07) is 6.33. The van der Waals surface area contributed by atoms with Gasteiger partial charge in [0.05, 0.1) is 13.1 Å². The van der Waals surface area contributed by atoms with Crippen molar-refractivity contribution in [2.45, 2.75) is 32.3 Å². The van der Waals surface area contributed by atoms with Gasteiger partial charge in [0.25, 0.3) is 0 Å². The van der Waals surface area contributed by atoms with Crippen LogP contribution in [-0.2, 0) is 5.60 Å². The van der Waals surface area contributed by atoms with Gasteiger partial charge in [0.2, 0.25) is 0 Å². The first-order valence-corrected chi connectivity index (χ1v) is 6.88. The molecule has 1 aromatic rings. The molecule has 3 aliphatic rings. The summed E-state index contributed by atoms with van der Waals surface area (Å²) >= 11 is 0. The van der Waals surface area contributed by atoms with Crippen LogP contribution in [0.1, 0.15) is 29.5 Å². The molecule has 2 nitrogen and oxygen atoms in total. The molecule has 0 amide bonds. The van der Waals surface area contributed by atoms with E-state index in [0.717, 1.165) is 37.2 Å². The van der Waals surface area contributed by atoms with Crippen molar-refractivity contribution in [3.8, 4) is 0 Å². The van der Waals surface area contributed by atoms with Gasteiger partial charge in [-0.2, -0.15) is 0 Å². The fourth-order valence-electron chi connectivity index (χ4n) is 3.59. The summed E-state index contributed by atoms with van der Waals surface area (Å²) in [4.78, 5) is 1.39. The van der Waals surface area contributed by atoms with E-state index in [9.17, 15) is 5.11 Å². The van der Waals surface area contributed by atoms with Crippen LogP contribution in [0.5, 0.6) is 0 Å². The zero-order valence-corrected chi connectivity index (χ0v) is 11.3. The maximum atomic E-state index is 11.2. The first-order valence-electron chi connectivity index (χ1n) is 6.88. The van der Waals surface area contributed by atoms with Crippen molar-refractivity contribution >= 4 is 0 Å². The molecule has 2 bridgehead atoms. The van der Waals surface area contributed by atoms with Crippen LogP contribution in [0.25, 0.3) is 0 Å². The number of benzene rings is 1. The minimum Gasteiger partial charge on any atom is -0.375 e. The van der Waals surface area contributed by atoms with Crippen molar-refractivity contribution in [2.75, 3.05) is 13.1 Å². The Morgan fingerprint density at radius 2 is 1.89 bits per heavy atom. The number of quaternary nitrogens is 1. The lowest BCUT2D eigenvalue weighted by atomic mass is 9.69. The van der Waals surface area contributed by atoms with Gasteiger partial charge in [-0.3, -0.25) is 0 Å². The average molecular weight is 244 g/mol. The third-order valence-corrected chi connectivity index (χ3v) is 5.01. The number of piperidine rings is 3. The molecule has 2 N–H and O–H groups in total. The predicted octanol–water partition coefficient (Wildman–Crippen LogP) is 1.31. The van der Waals surface area contributed by atoms with Gasteiger partial charge < -0.3 is 10.0 Å². The number of hydrogen-bond acceptors (Lipinski definition) is 1. The van der Waals surface area contributed by atoms with Gasteiger partial charge in [-0.15, -0.1) is 0 Å². The second-order valence-electron chi connectivity index (χ2n) is 5.92. The summed E-state index contributed by atoms with van der Waals surface area (Å²) < 4.78 is 0. The Bertz CT molecular complexity index is 500. The number of rotatable bonds is 1. The number of aryl methyl sites for hydroxylation is 2. The molecule has 2 heteroatoms. The second kappa shape index (κ2) is 3.94. The van der Waals surface area contributed by atoms with E-state index in [1.807, 2.05) is 0 Å². The van der Waals surface area contributed by atoms with Crippen molar-refractivity contribution in [2.24, 2.45) is 5.92 Å². The Kier molecular flexibility index (Phi) is 2.61. The lowest BCUT2D eigenvalue weighted by Crippen LogP contribution is -3.15. The fourth-order valence-corrected chi connectivity index (χ4v) is 3.59. The topological polar surface area (TPSA) is 24.7 Å². The van der Waals surface area contributed by atoms with Crippen molar-refractivity contribution in [1.29, 1.82) is 0 Å². The molecule has 18 heavy (non-hydrogen) atoms. The van der Waals surface area contributed by atoms with Gasteiger partial charge in [-0.25, -0.2) is 0 Å². The number of nitrogens with one attached hydrogen (secondary N) is 1. The molecule has 0 aromatic heterocycles. The van der Waals surface area contributed by atoms with Crippen LogP contribution in [0.2, 0.25) is 0 Å². The minimum absolute atomic E-state index is 0.351. The zero-order chi connectivity index (χ0) is 12.9. The van der Waals surface area contributed by atoms with E-state index in [1.165, 1.54) is 16.0 Å². The van der Waals surface area contributed by atoms with Crippen LogP contribution < -0.4 is 4.90 Å². The van der Waals surface area contributed by atoms with E-state index in [-0.39, 0.29) is 0 Å². The first kappa shape index (κ1) is 11.9. The molecule has 0 radical (unpaired) electrons. The molecule has 0 saturated carbocycles. The van der Waals surface area contributed by atoms with E-state index in [1.54, 1.807) is 0 Å². The van der Waals surface area contributed by atoms with Crippen molar-refractivity contribution in [3.05, 3.63) is 47.2 Å². The lowest BCUT2D eigenvalue weighted by Gasteiger charge is -2.48. The maximum Gasteiger partial charge on any atom is 0.166 e. The highest BCUT2D eigenvalue weighted by molar-refractivity contribution is 5.38. The summed E-state index contributed by atoms with van der Waals surface area (Å²) in [6.07, 6.45) is 2.22. The third kappa shape index (κ3) is 1.49. The minimum atomic E-state index is -0.801. The van der Waals surface area contributed by atoms with Gasteiger partial charge in [0, 0.05) is 18.8 Å². The normalized spacial score (nSPS) is 34.9. The van der Waals surface area contributed by atoms with Gasteiger partial charge in [-0.1, -0.05) is 18.2 Å². The Hall–Kier alpha value is -1.12. The Morgan fingerprint density at radius 3 is 2.44 bits per heavy atom. The summed E-state index contributed by atoms with van der Waals surface area (Å²) in [5, 5.41) is 11.2. The first-order chi connectivity index (χ1) is 8.53. The van der Waals surface area contributed by atoms with Gasteiger partial charge >= 0.3 is 0 Å². The van der Waals surface area contributed by atoms with Gasteiger partial charge in [-0.05, 0) is 37.1 Å². The molecular formula is C16H22NO+. The van der Waals surface area contributed by atoms with Crippen LogP contribution in [0, 0.1) is 19.8 Å². The molecule has 0 aliphatic carbocycles. The molecule has 96 valence electrons. The summed E-state index contributed by atoms with van der Waals surface area (Å²) in [7, 11) is 0. The number of fused-ring (bicyclic) bond motifs is 3. The number of hydrogen-bond donors (Lipinski definition) is 2. The van der Waals surface area contributed by atoms with Gasteiger partial charge in [0.1, 0.15) is 5.70 Å². The maximum absolute atomic E-state index is 11.2. The highest BCUT2D eigenvalue weighted by Gasteiger charge is 2.53. The Balaban J connectivity index is 2.08. The SMILES string of the molecule is C=C1[NH+]2CCC(CC2)[C@@]1(O)c1ccc(C)c(C)c1. The summed E-state index contributed by atoms with van der Waals surface area (Å²) in [5.41, 5.74) is 3.75. The van der Waals surface area contributed by atoms with E-state index in [2.05, 4.69) is 38.6 Å². The summed E-state index contributed by atoms with van der Waals surface area (Å²) in [5.74, 6) is 0.351. The number of aliphatic hydroxyl groups is 1. The molecule has 3 aliphatic heterocycles. The molecule has 1 atom stereocenters. The molecule has 3 saturated heterocycles. The van der Waals surface area contributed by atoms with Crippen molar-refractivity contribution in [1.82, 2.24) is 0 Å². The quantitative estimate of drug-likeness (QED) is 0.765. The van der Waals surface area contributed by atoms with Crippen LogP contribution in [0.15, 0.2) is 30.5 Å². The zero-order valence-electron chi connectivity index (χ0n) is 11.3. The van der Waals surface area contributed by atoms with Crippen LogP contribution in [0.3, 0.4) is 0 Å².